The van der Waals surface area contributed by atoms with E-state index in [0.29, 0.717) is 10.8 Å². The number of pyridine rings is 1. The largest absolute Gasteiger partial charge is 0.399 e. The van der Waals surface area contributed by atoms with Crippen molar-refractivity contribution in [3.05, 3.63) is 35.1 Å². The van der Waals surface area contributed by atoms with Crippen molar-refractivity contribution < 1.29 is 0 Å². The normalized spacial score (nSPS) is 10.7. The molecule has 0 aliphatic carbocycles. The molecule has 0 fully saturated rings. The van der Waals surface area contributed by atoms with Crippen molar-refractivity contribution >= 4 is 28.1 Å². The molecule has 1 aromatic carbocycles. The predicted octanol–water partition coefficient (Wildman–Crippen LogP) is 3.03. The summed E-state index contributed by atoms with van der Waals surface area (Å²) in [5, 5.41) is 2.55. The number of fused-ring (bicyclic) bond motifs is 1. The average molecular weight is 207 g/mol. The van der Waals surface area contributed by atoms with Gasteiger partial charge in [-0.2, -0.15) is 0 Å². The molecule has 0 saturated heterocycles. The van der Waals surface area contributed by atoms with Gasteiger partial charge in [0.1, 0.15) is 5.15 Å². The quantitative estimate of drug-likeness (QED) is 0.576. The molecule has 0 atom stereocenters. The smallest absolute Gasteiger partial charge is 0.137 e. The Morgan fingerprint density at radius 2 is 2.14 bits per heavy atom. The Bertz CT molecular complexity index is 480. The average Bonchev–Trinajstić information content (AvgIpc) is 2.19. The van der Waals surface area contributed by atoms with Crippen molar-refractivity contribution in [2.24, 2.45) is 0 Å². The van der Waals surface area contributed by atoms with Crippen LogP contribution >= 0.6 is 11.6 Å². The fourth-order valence-corrected chi connectivity index (χ4v) is 1.73. The number of hydrogen-bond donors (Lipinski definition) is 1. The number of hydrogen-bond acceptors (Lipinski definition) is 2. The second kappa shape index (κ2) is 3.46. The molecular formula is C11H11ClN2. The molecule has 1 aromatic heterocycles. The monoisotopic (exact) mass is 206 g/mol. The van der Waals surface area contributed by atoms with Crippen molar-refractivity contribution in [2.45, 2.75) is 13.3 Å². The van der Waals surface area contributed by atoms with Gasteiger partial charge in [-0.05, 0) is 30.0 Å². The highest BCUT2D eigenvalue weighted by Gasteiger charge is 2.03. The number of anilines is 1. The zero-order valence-electron chi connectivity index (χ0n) is 7.92. The molecule has 2 rings (SSSR count). The fraction of sp³-hybridized carbons (Fsp3) is 0.182. The summed E-state index contributed by atoms with van der Waals surface area (Å²) in [4.78, 5) is 4.27. The molecule has 1 heterocycles. The van der Waals surface area contributed by atoms with Crippen LogP contribution in [0.2, 0.25) is 5.15 Å². The van der Waals surface area contributed by atoms with Crippen LogP contribution in [0.15, 0.2) is 24.3 Å². The van der Waals surface area contributed by atoms with E-state index in [4.69, 9.17) is 17.3 Å². The lowest BCUT2D eigenvalue weighted by atomic mass is 10.1. The molecule has 2 N–H and O–H groups in total. The molecule has 0 unspecified atom stereocenters. The summed E-state index contributed by atoms with van der Waals surface area (Å²) < 4.78 is 0. The number of aromatic nitrogens is 1. The number of halogens is 1. The molecule has 0 bridgehead atoms. The summed E-state index contributed by atoms with van der Waals surface area (Å²) in [7, 11) is 0. The molecule has 0 amide bonds. The van der Waals surface area contributed by atoms with Crippen LogP contribution in [0.25, 0.3) is 10.8 Å². The van der Waals surface area contributed by atoms with Gasteiger partial charge in [0, 0.05) is 16.8 Å². The zero-order chi connectivity index (χ0) is 10.1. The number of benzene rings is 1. The van der Waals surface area contributed by atoms with Gasteiger partial charge >= 0.3 is 0 Å². The maximum absolute atomic E-state index is 6.05. The Labute approximate surface area is 87.7 Å². The van der Waals surface area contributed by atoms with Crippen molar-refractivity contribution in [3.63, 3.8) is 0 Å². The molecule has 3 heteroatoms. The van der Waals surface area contributed by atoms with Gasteiger partial charge in [0.25, 0.3) is 0 Å². The summed E-state index contributed by atoms with van der Waals surface area (Å²) in [6.07, 6.45) is 0.889. The molecule has 2 aromatic rings. The Morgan fingerprint density at radius 3 is 2.86 bits per heavy atom. The van der Waals surface area contributed by atoms with Crippen LogP contribution in [-0.2, 0) is 6.42 Å². The van der Waals surface area contributed by atoms with Gasteiger partial charge in [0.2, 0.25) is 0 Å². The minimum absolute atomic E-state index is 0.534. The van der Waals surface area contributed by atoms with E-state index in [2.05, 4.69) is 11.9 Å². The summed E-state index contributed by atoms with van der Waals surface area (Å²) >= 11 is 6.05. The van der Waals surface area contributed by atoms with E-state index in [0.717, 1.165) is 22.9 Å². The number of nitrogen functional groups attached to an aromatic ring is 1. The number of rotatable bonds is 1. The number of nitrogens with two attached hydrogens (primary N) is 1. The van der Waals surface area contributed by atoms with Crippen LogP contribution in [0.4, 0.5) is 5.69 Å². The third-order valence-electron chi connectivity index (χ3n) is 2.23. The molecule has 0 aliphatic rings. The molecule has 72 valence electrons. The van der Waals surface area contributed by atoms with E-state index >= 15 is 0 Å². The second-order valence-electron chi connectivity index (χ2n) is 3.24. The molecule has 0 radical (unpaired) electrons. The van der Waals surface area contributed by atoms with E-state index in [1.165, 1.54) is 0 Å². The van der Waals surface area contributed by atoms with Crippen molar-refractivity contribution in [2.75, 3.05) is 5.73 Å². The fourth-order valence-electron chi connectivity index (χ4n) is 1.46. The first-order valence-electron chi connectivity index (χ1n) is 4.55. The molecule has 2 nitrogen and oxygen atoms in total. The van der Waals surface area contributed by atoms with Crippen LogP contribution in [0.5, 0.6) is 0 Å². The zero-order valence-corrected chi connectivity index (χ0v) is 8.67. The van der Waals surface area contributed by atoms with Gasteiger partial charge in [0.15, 0.2) is 0 Å². The standard InChI is InChI=1S/C11H11ClN2/c1-2-9-5-7-3-4-8(13)6-10(7)11(12)14-9/h3-6H,2,13H2,1H3. The summed E-state index contributed by atoms with van der Waals surface area (Å²) in [5.41, 5.74) is 7.40. The summed E-state index contributed by atoms with van der Waals surface area (Å²) in [6, 6.07) is 7.74. The van der Waals surface area contributed by atoms with Crippen molar-refractivity contribution in [3.8, 4) is 0 Å². The Kier molecular flexibility index (Phi) is 2.30. The Hall–Kier alpha value is -1.28. The van der Waals surface area contributed by atoms with Crippen LogP contribution in [0.1, 0.15) is 12.6 Å². The Morgan fingerprint density at radius 1 is 1.36 bits per heavy atom. The maximum atomic E-state index is 6.05. The maximum Gasteiger partial charge on any atom is 0.137 e. The molecular weight excluding hydrogens is 196 g/mol. The summed E-state index contributed by atoms with van der Waals surface area (Å²) in [5.74, 6) is 0. The number of nitrogens with zero attached hydrogens (tertiary/aromatic N) is 1. The van der Waals surface area contributed by atoms with E-state index < -0.39 is 0 Å². The molecule has 0 spiro atoms. The molecule has 0 aliphatic heterocycles. The van der Waals surface area contributed by atoms with Crippen molar-refractivity contribution in [1.82, 2.24) is 4.98 Å². The van der Waals surface area contributed by atoms with Gasteiger partial charge in [-0.25, -0.2) is 4.98 Å². The van der Waals surface area contributed by atoms with E-state index in [9.17, 15) is 0 Å². The first-order chi connectivity index (χ1) is 6.70. The third-order valence-corrected chi connectivity index (χ3v) is 2.51. The summed E-state index contributed by atoms with van der Waals surface area (Å²) in [6.45, 7) is 2.06. The lowest BCUT2D eigenvalue weighted by molar-refractivity contribution is 1.05. The van der Waals surface area contributed by atoms with Gasteiger partial charge in [-0.1, -0.05) is 24.6 Å². The van der Waals surface area contributed by atoms with Gasteiger partial charge in [-0.3, -0.25) is 0 Å². The first kappa shape index (κ1) is 9.28. The highest BCUT2D eigenvalue weighted by atomic mass is 35.5. The van der Waals surface area contributed by atoms with Gasteiger partial charge in [0.05, 0.1) is 0 Å². The lowest BCUT2D eigenvalue weighted by Crippen LogP contribution is -1.90. The topological polar surface area (TPSA) is 38.9 Å². The van der Waals surface area contributed by atoms with Crippen LogP contribution < -0.4 is 5.73 Å². The van der Waals surface area contributed by atoms with Crippen LogP contribution in [0, 0.1) is 0 Å². The second-order valence-corrected chi connectivity index (χ2v) is 3.60. The first-order valence-corrected chi connectivity index (χ1v) is 4.93. The van der Waals surface area contributed by atoms with Crippen molar-refractivity contribution in [1.29, 1.82) is 0 Å². The lowest BCUT2D eigenvalue weighted by Gasteiger charge is -2.04. The Balaban J connectivity index is 2.76. The van der Waals surface area contributed by atoms with E-state index in [1.54, 1.807) is 0 Å². The van der Waals surface area contributed by atoms with Gasteiger partial charge in [-0.15, -0.1) is 0 Å². The number of aryl methyl sites for hydroxylation is 1. The SMILES string of the molecule is CCc1cc2ccc(N)cc2c(Cl)n1. The highest BCUT2D eigenvalue weighted by molar-refractivity contribution is 6.34. The van der Waals surface area contributed by atoms with E-state index in [-0.39, 0.29) is 0 Å². The molecule has 14 heavy (non-hydrogen) atoms. The van der Waals surface area contributed by atoms with Crippen LogP contribution in [-0.4, -0.2) is 4.98 Å². The molecule has 0 saturated carbocycles. The van der Waals surface area contributed by atoms with Crippen LogP contribution in [0.3, 0.4) is 0 Å². The third kappa shape index (κ3) is 1.53. The minimum Gasteiger partial charge on any atom is -0.399 e. The minimum atomic E-state index is 0.534. The predicted molar refractivity (Wildman–Crippen MR) is 60.5 cm³/mol. The van der Waals surface area contributed by atoms with Gasteiger partial charge < -0.3 is 5.73 Å². The highest BCUT2D eigenvalue weighted by Crippen LogP contribution is 2.24. The van der Waals surface area contributed by atoms with E-state index in [1.807, 2.05) is 24.3 Å².